The van der Waals surface area contributed by atoms with Crippen molar-refractivity contribution in [3.8, 4) is 11.5 Å². The largest absolute Gasteiger partial charge is 0.481 e. The topological polar surface area (TPSA) is 96.4 Å². The molecule has 2 fully saturated rings. The van der Waals surface area contributed by atoms with E-state index in [-0.39, 0.29) is 25.2 Å². The van der Waals surface area contributed by atoms with Crippen LogP contribution in [0.1, 0.15) is 36.5 Å². The highest BCUT2D eigenvalue weighted by atomic mass is 16.7. The number of carbonyl (C=O) groups is 3. The number of carbonyl (C=O) groups excluding carboxylic acids is 2. The second kappa shape index (κ2) is 6.44. The summed E-state index contributed by atoms with van der Waals surface area (Å²) in [6, 6.07) is 4.47. The molecule has 3 aliphatic heterocycles. The predicted octanol–water partition coefficient (Wildman–Crippen LogP) is 1.34. The van der Waals surface area contributed by atoms with Gasteiger partial charge in [0.15, 0.2) is 11.5 Å². The van der Waals surface area contributed by atoms with E-state index in [9.17, 15) is 19.5 Å². The van der Waals surface area contributed by atoms with E-state index in [4.69, 9.17) is 9.47 Å². The molecule has 3 aliphatic rings. The lowest BCUT2D eigenvalue weighted by atomic mass is 9.90. The molecule has 144 valence electrons. The van der Waals surface area contributed by atoms with Crippen LogP contribution in [0.5, 0.6) is 11.5 Å². The SMILES string of the molecule is CC1(C(=O)O)CCN(C(=O)C2CCCN2C(=O)c2ccc3c(c2)OCO3)C1. The number of likely N-dealkylation sites (tertiary alicyclic amines) is 2. The van der Waals surface area contributed by atoms with Crippen LogP contribution in [-0.4, -0.2) is 65.2 Å². The van der Waals surface area contributed by atoms with Crippen LogP contribution in [0.3, 0.4) is 0 Å². The van der Waals surface area contributed by atoms with Crippen molar-refractivity contribution in [3.63, 3.8) is 0 Å². The molecule has 1 N–H and O–H groups in total. The Hall–Kier alpha value is -2.77. The summed E-state index contributed by atoms with van der Waals surface area (Å²) in [7, 11) is 0. The Bertz CT molecular complexity index is 809. The number of aliphatic carboxylic acids is 1. The minimum Gasteiger partial charge on any atom is -0.481 e. The summed E-state index contributed by atoms with van der Waals surface area (Å²) < 4.78 is 10.6. The normalized spacial score (nSPS) is 26.5. The molecule has 1 aromatic carbocycles. The molecule has 3 heterocycles. The molecule has 0 aliphatic carbocycles. The molecule has 0 saturated carbocycles. The molecule has 2 atom stereocenters. The van der Waals surface area contributed by atoms with Crippen LogP contribution in [0.2, 0.25) is 0 Å². The fourth-order valence-corrected chi connectivity index (χ4v) is 4.00. The van der Waals surface area contributed by atoms with Gasteiger partial charge in [-0.15, -0.1) is 0 Å². The van der Waals surface area contributed by atoms with Crippen molar-refractivity contribution in [2.45, 2.75) is 32.2 Å². The van der Waals surface area contributed by atoms with Gasteiger partial charge >= 0.3 is 5.97 Å². The van der Waals surface area contributed by atoms with Crippen LogP contribution in [0, 0.1) is 5.41 Å². The van der Waals surface area contributed by atoms with Crippen LogP contribution in [0.15, 0.2) is 18.2 Å². The number of rotatable bonds is 3. The summed E-state index contributed by atoms with van der Waals surface area (Å²) in [6.07, 6.45) is 1.77. The number of hydrogen-bond donors (Lipinski definition) is 1. The van der Waals surface area contributed by atoms with E-state index in [1.54, 1.807) is 34.9 Å². The number of amides is 2. The van der Waals surface area contributed by atoms with Gasteiger partial charge in [-0.3, -0.25) is 14.4 Å². The van der Waals surface area contributed by atoms with Crippen LogP contribution in [-0.2, 0) is 9.59 Å². The molecule has 2 amide bonds. The summed E-state index contributed by atoms with van der Waals surface area (Å²) in [5, 5.41) is 9.38. The second-order valence-electron chi connectivity index (χ2n) is 7.60. The third-order valence-corrected chi connectivity index (χ3v) is 5.72. The zero-order valence-electron chi connectivity index (χ0n) is 15.1. The number of carboxylic acids is 1. The maximum Gasteiger partial charge on any atom is 0.311 e. The summed E-state index contributed by atoms with van der Waals surface area (Å²) in [5.74, 6) is -0.140. The van der Waals surface area contributed by atoms with Gasteiger partial charge in [-0.25, -0.2) is 0 Å². The number of hydrogen-bond acceptors (Lipinski definition) is 5. The fraction of sp³-hybridized carbons (Fsp3) is 0.526. The Balaban J connectivity index is 1.50. The first-order chi connectivity index (χ1) is 12.9. The lowest BCUT2D eigenvalue weighted by Crippen LogP contribution is -2.48. The van der Waals surface area contributed by atoms with Gasteiger partial charge in [0.05, 0.1) is 5.41 Å². The zero-order chi connectivity index (χ0) is 19.2. The molecular formula is C19H22N2O6. The molecule has 2 unspecified atom stereocenters. The molecule has 8 nitrogen and oxygen atoms in total. The molecule has 27 heavy (non-hydrogen) atoms. The van der Waals surface area contributed by atoms with E-state index >= 15 is 0 Å². The lowest BCUT2D eigenvalue weighted by Gasteiger charge is -2.28. The minimum absolute atomic E-state index is 0.134. The fourth-order valence-electron chi connectivity index (χ4n) is 4.00. The molecule has 0 radical (unpaired) electrons. The van der Waals surface area contributed by atoms with Gasteiger partial charge in [-0.1, -0.05) is 0 Å². The lowest BCUT2D eigenvalue weighted by molar-refractivity contribution is -0.147. The Morgan fingerprint density at radius 2 is 1.96 bits per heavy atom. The van der Waals surface area contributed by atoms with Gasteiger partial charge in [0.25, 0.3) is 5.91 Å². The number of fused-ring (bicyclic) bond motifs is 1. The number of ether oxygens (including phenoxy) is 2. The van der Waals surface area contributed by atoms with Crippen LogP contribution >= 0.6 is 0 Å². The maximum atomic E-state index is 13.0. The standard InChI is InChI=1S/C19H22N2O6/c1-19(18(24)25)6-8-20(10-19)17(23)13-3-2-7-21(13)16(22)12-4-5-14-15(9-12)27-11-26-14/h4-5,9,13H,2-3,6-8,10-11H2,1H3,(H,24,25). The van der Waals surface area contributed by atoms with Crippen molar-refractivity contribution < 1.29 is 29.0 Å². The van der Waals surface area contributed by atoms with Gasteiger partial charge < -0.3 is 24.4 Å². The first-order valence-corrected chi connectivity index (χ1v) is 9.12. The van der Waals surface area contributed by atoms with Crippen molar-refractivity contribution in [1.82, 2.24) is 9.80 Å². The monoisotopic (exact) mass is 374 g/mol. The van der Waals surface area contributed by atoms with Gasteiger partial charge in [0.1, 0.15) is 6.04 Å². The van der Waals surface area contributed by atoms with E-state index in [0.29, 0.717) is 43.0 Å². The molecular weight excluding hydrogens is 352 g/mol. The number of carboxylic acid groups (broad SMARTS) is 1. The average molecular weight is 374 g/mol. The third kappa shape index (κ3) is 2.98. The number of nitrogens with zero attached hydrogens (tertiary/aromatic N) is 2. The Labute approximate surface area is 156 Å². The highest BCUT2D eigenvalue weighted by Gasteiger charge is 2.45. The van der Waals surface area contributed by atoms with Crippen molar-refractivity contribution in [2.75, 3.05) is 26.4 Å². The van der Waals surface area contributed by atoms with Crippen molar-refractivity contribution in [1.29, 1.82) is 0 Å². The van der Waals surface area contributed by atoms with Gasteiger partial charge in [0.2, 0.25) is 12.7 Å². The Morgan fingerprint density at radius 3 is 2.70 bits per heavy atom. The summed E-state index contributed by atoms with van der Waals surface area (Å²) >= 11 is 0. The minimum atomic E-state index is -0.916. The Kier molecular flexibility index (Phi) is 4.20. The second-order valence-corrected chi connectivity index (χ2v) is 7.60. The first kappa shape index (κ1) is 17.6. The van der Waals surface area contributed by atoms with Gasteiger partial charge in [-0.05, 0) is 44.4 Å². The first-order valence-electron chi connectivity index (χ1n) is 9.12. The number of benzene rings is 1. The predicted molar refractivity (Wildman–Crippen MR) is 93.6 cm³/mol. The molecule has 0 aromatic heterocycles. The van der Waals surface area contributed by atoms with Crippen molar-refractivity contribution >= 4 is 17.8 Å². The van der Waals surface area contributed by atoms with E-state index in [2.05, 4.69) is 0 Å². The summed E-state index contributed by atoms with van der Waals surface area (Å²) in [5.41, 5.74) is -0.462. The summed E-state index contributed by atoms with van der Waals surface area (Å²) in [4.78, 5) is 40.6. The summed E-state index contributed by atoms with van der Waals surface area (Å²) in [6.45, 7) is 2.89. The maximum absolute atomic E-state index is 13.0. The van der Waals surface area contributed by atoms with E-state index in [0.717, 1.165) is 6.42 Å². The van der Waals surface area contributed by atoms with Crippen molar-refractivity contribution in [3.05, 3.63) is 23.8 Å². The van der Waals surface area contributed by atoms with E-state index in [1.165, 1.54) is 0 Å². The quantitative estimate of drug-likeness (QED) is 0.858. The smallest absolute Gasteiger partial charge is 0.311 e. The molecule has 1 aromatic rings. The highest BCUT2D eigenvalue weighted by molar-refractivity contribution is 5.98. The third-order valence-electron chi connectivity index (χ3n) is 5.72. The Morgan fingerprint density at radius 1 is 1.19 bits per heavy atom. The molecule has 8 heteroatoms. The van der Waals surface area contributed by atoms with E-state index < -0.39 is 17.4 Å². The van der Waals surface area contributed by atoms with E-state index in [1.807, 2.05) is 0 Å². The molecule has 2 saturated heterocycles. The van der Waals surface area contributed by atoms with Crippen LogP contribution in [0.25, 0.3) is 0 Å². The average Bonchev–Trinajstić information content (AvgIpc) is 3.39. The van der Waals surface area contributed by atoms with Gasteiger partial charge in [-0.2, -0.15) is 0 Å². The van der Waals surface area contributed by atoms with Gasteiger partial charge in [0, 0.05) is 25.2 Å². The molecule has 4 rings (SSSR count). The van der Waals surface area contributed by atoms with Crippen LogP contribution < -0.4 is 9.47 Å². The molecule has 0 spiro atoms. The van der Waals surface area contributed by atoms with Crippen LogP contribution in [0.4, 0.5) is 0 Å². The van der Waals surface area contributed by atoms with Crippen molar-refractivity contribution in [2.24, 2.45) is 5.41 Å². The molecule has 0 bridgehead atoms. The highest BCUT2D eigenvalue weighted by Crippen LogP contribution is 2.35. The zero-order valence-corrected chi connectivity index (χ0v) is 15.1.